The molecule has 0 amide bonds. The molecular weight excluding hydrogens is 243 g/mol. The van der Waals surface area contributed by atoms with Crippen LogP contribution in [0.2, 0.25) is 0 Å². The smallest absolute Gasteiger partial charge is 0.405 e. The van der Waals surface area contributed by atoms with Gasteiger partial charge in [-0.15, -0.1) is 13.2 Å². The number of ether oxygens (including phenoxy) is 1. The predicted molar refractivity (Wildman–Crippen MR) is 62.0 cm³/mol. The standard InChI is InChI=1S/C13H16F3NO/c14-13(15,16)18-12-7-2-1-6-10(12)11(17)8-9-4-3-5-9/h1-2,6-7,9,11H,3-5,8,17H2. The molecule has 0 aromatic heterocycles. The highest BCUT2D eigenvalue weighted by molar-refractivity contribution is 5.36. The van der Waals surface area contributed by atoms with E-state index in [4.69, 9.17) is 5.73 Å². The van der Waals surface area contributed by atoms with E-state index in [9.17, 15) is 13.2 Å². The summed E-state index contributed by atoms with van der Waals surface area (Å²) < 4.78 is 40.8. The van der Waals surface area contributed by atoms with Crippen molar-refractivity contribution in [2.75, 3.05) is 0 Å². The molecule has 0 radical (unpaired) electrons. The molecule has 2 rings (SSSR count). The number of alkyl halides is 3. The van der Waals surface area contributed by atoms with Crippen LogP contribution in [0.1, 0.15) is 37.3 Å². The van der Waals surface area contributed by atoms with E-state index in [1.54, 1.807) is 12.1 Å². The van der Waals surface area contributed by atoms with Crippen LogP contribution in [0, 0.1) is 5.92 Å². The van der Waals surface area contributed by atoms with E-state index in [1.807, 2.05) is 0 Å². The first-order valence-electron chi connectivity index (χ1n) is 6.06. The minimum Gasteiger partial charge on any atom is -0.405 e. The van der Waals surface area contributed by atoms with Crippen molar-refractivity contribution in [1.82, 2.24) is 0 Å². The number of halogens is 3. The molecular formula is C13H16F3NO. The molecule has 1 saturated carbocycles. The zero-order valence-electron chi connectivity index (χ0n) is 9.91. The Morgan fingerprint density at radius 2 is 1.94 bits per heavy atom. The average Bonchev–Trinajstić information content (AvgIpc) is 2.21. The molecule has 18 heavy (non-hydrogen) atoms. The van der Waals surface area contributed by atoms with Gasteiger partial charge in [-0.2, -0.15) is 0 Å². The maximum Gasteiger partial charge on any atom is 0.573 e. The molecule has 0 aliphatic heterocycles. The van der Waals surface area contributed by atoms with Crippen molar-refractivity contribution in [3.05, 3.63) is 29.8 Å². The molecule has 1 fully saturated rings. The van der Waals surface area contributed by atoms with E-state index in [1.165, 1.54) is 18.6 Å². The van der Waals surface area contributed by atoms with Crippen molar-refractivity contribution < 1.29 is 17.9 Å². The van der Waals surface area contributed by atoms with Gasteiger partial charge in [-0.3, -0.25) is 0 Å². The molecule has 2 nitrogen and oxygen atoms in total. The number of hydrogen-bond acceptors (Lipinski definition) is 2. The molecule has 1 aliphatic carbocycles. The van der Waals surface area contributed by atoms with Gasteiger partial charge in [-0.1, -0.05) is 37.5 Å². The Hall–Kier alpha value is -1.23. The van der Waals surface area contributed by atoms with Gasteiger partial charge in [0.15, 0.2) is 0 Å². The number of benzene rings is 1. The second-order valence-corrected chi connectivity index (χ2v) is 4.72. The number of para-hydroxylation sites is 1. The van der Waals surface area contributed by atoms with Crippen molar-refractivity contribution in [2.24, 2.45) is 11.7 Å². The van der Waals surface area contributed by atoms with Gasteiger partial charge in [-0.25, -0.2) is 0 Å². The second-order valence-electron chi connectivity index (χ2n) is 4.72. The molecule has 2 N–H and O–H groups in total. The largest absolute Gasteiger partial charge is 0.573 e. The van der Waals surface area contributed by atoms with E-state index in [0.717, 1.165) is 19.3 Å². The third kappa shape index (κ3) is 3.38. The lowest BCUT2D eigenvalue weighted by Crippen LogP contribution is -2.23. The van der Waals surface area contributed by atoms with Crippen LogP contribution in [0.4, 0.5) is 13.2 Å². The monoisotopic (exact) mass is 259 g/mol. The van der Waals surface area contributed by atoms with E-state index < -0.39 is 12.4 Å². The van der Waals surface area contributed by atoms with E-state index in [2.05, 4.69) is 4.74 Å². The number of nitrogens with two attached hydrogens (primary N) is 1. The van der Waals surface area contributed by atoms with E-state index in [0.29, 0.717) is 11.5 Å². The lowest BCUT2D eigenvalue weighted by molar-refractivity contribution is -0.275. The fourth-order valence-corrected chi connectivity index (χ4v) is 2.22. The Labute approximate surface area is 104 Å². The summed E-state index contributed by atoms with van der Waals surface area (Å²) in [7, 11) is 0. The zero-order chi connectivity index (χ0) is 13.2. The first-order chi connectivity index (χ1) is 8.46. The summed E-state index contributed by atoms with van der Waals surface area (Å²) in [6.07, 6.45) is -0.519. The SMILES string of the molecule is NC(CC1CCC1)c1ccccc1OC(F)(F)F. The Bertz CT molecular complexity index is 401. The highest BCUT2D eigenvalue weighted by Gasteiger charge is 2.33. The highest BCUT2D eigenvalue weighted by atomic mass is 19.4. The highest BCUT2D eigenvalue weighted by Crippen LogP contribution is 2.37. The zero-order valence-corrected chi connectivity index (χ0v) is 9.91. The lowest BCUT2D eigenvalue weighted by atomic mass is 9.80. The van der Waals surface area contributed by atoms with Gasteiger partial charge in [0.25, 0.3) is 0 Å². The quantitative estimate of drug-likeness (QED) is 0.893. The third-order valence-electron chi connectivity index (χ3n) is 3.36. The fraction of sp³-hybridized carbons (Fsp3) is 0.538. The summed E-state index contributed by atoms with van der Waals surface area (Å²) in [6, 6.07) is 5.71. The van der Waals surface area contributed by atoms with Crippen LogP contribution in [-0.4, -0.2) is 6.36 Å². The van der Waals surface area contributed by atoms with Gasteiger partial charge in [-0.05, 0) is 18.4 Å². The van der Waals surface area contributed by atoms with E-state index in [-0.39, 0.29) is 5.75 Å². The summed E-state index contributed by atoms with van der Waals surface area (Å²) in [5.41, 5.74) is 6.41. The number of hydrogen-bond donors (Lipinski definition) is 1. The van der Waals surface area contributed by atoms with Gasteiger partial charge < -0.3 is 10.5 Å². The maximum atomic E-state index is 12.3. The Morgan fingerprint density at radius 3 is 2.50 bits per heavy atom. The molecule has 1 atom stereocenters. The van der Waals surface area contributed by atoms with Crippen LogP contribution in [0.5, 0.6) is 5.75 Å². The molecule has 1 aliphatic rings. The van der Waals surface area contributed by atoms with Crippen molar-refractivity contribution in [3.63, 3.8) is 0 Å². The second kappa shape index (κ2) is 5.18. The maximum absolute atomic E-state index is 12.3. The molecule has 1 aromatic rings. The lowest BCUT2D eigenvalue weighted by Gasteiger charge is -2.28. The summed E-state index contributed by atoms with van der Waals surface area (Å²) >= 11 is 0. The van der Waals surface area contributed by atoms with Crippen molar-refractivity contribution in [3.8, 4) is 5.75 Å². The molecule has 100 valence electrons. The normalized spacial score (nSPS) is 18.2. The van der Waals surface area contributed by atoms with Crippen molar-refractivity contribution >= 4 is 0 Å². The van der Waals surface area contributed by atoms with Crippen LogP contribution in [0.15, 0.2) is 24.3 Å². The summed E-state index contributed by atoms with van der Waals surface area (Å²) in [5.74, 6) is 0.357. The summed E-state index contributed by atoms with van der Waals surface area (Å²) in [4.78, 5) is 0. The summed E-state index contributed by atoms with van der Waals surface area (Å²) in [5, 5.41) is 0. The summed E-state index contributed by atoms with van der Waals surface area (Å²) in [6.45, 7) is 0. The average molecular weight is 259 g/mol. The molecule has 0 saturated heterocycles. The van der Waals surface area contributed by atoms with Crippen LogP contribution in [0.3, 0.4) is 0 Å². The van der Waals surface area contributed by atoms with Gasteiger partial charge in [0.2, 0.25) is 0 Å². The minimum atomic E-state index is -4.67. The molecule has 0 bridgehead atoms. The third-order valence-corrected chi connectivity index (χ3v) is 3.36. The van der Waals surface area contributed by atoms with Crippen molar-refractivity contribution in [2.45, 2.75) is 38.1 Å². The van der Waals surface area contributed by atoms with Crippen LogP contribution < -0.4 is 10.5 Å². The number of rotatable bonds is 4. The Morgan fingerprint density at radius 1 is 1.28 bits per heavy atom. The topological polar surface area (TPSA) is 35.2 Å². The van der Waals surface area contributed by atoms with Crippen LogP contribution in [-0.2, 0) is 0 Å². The van der Waals surface area contributed by atoms with Crippen molar-refractivity contribution in [1.29, 1.82) is 0 Å². The van der Waals surface area contributed by atoms with Crippen LogP contribution >= 0.6 is 0 Å². The van der Waals surface area contributed by atoms with Gasteiger partial charge in [0.05, 0.1) is 0 Å². The fourth-order valence-electron chi connectivity index (χ4n) is 2.22. The van der Waals surface area contributed by atoms with Gasteiger partial charge in [0, 0.05) is 11.6 Å². The van der Waals surface area contributed by atoms with E-state index >= 15 is 0 Å². The van der Waals surface area contributed by atoms with Gasteiger partial charge >= 0.3 is 6.36 Å². The predicted octanol–water partition coefficient (Wildman–Crippen LogP) is 3.78. The van der Waals surface area contributed by atoms with Crippen LogP contribution in [0.25, 0.3) is 0 Å². The Kier molecular flexibility index (Phi) is 3.80. The molecule has 1 aromatic carbocycles. The first-order valence-corrected chi connectivity index (χ1v) is 6.06. The molecule has 5 heteroatoms. The molecule has 0 spiro atoms. The Balaban J connectivity index is 2.10. The van der Waals surface area contributed by atoms with Gasteiger partial charge in [0.1, 0.15) is 5.75 Å². The molecule has 1 unspecified atom stereocenters. The molecule has 0 heterocycles. The minimum absolute atomic E-state index is 0.183. The first kappa shape index (κ1) is 13.2.